The van der Waals surface area contributed by atoms with Crippen molar-refractivity contribution in [1.29, 1.82) is 0 Å². The Labute approximate surface area is 163 Å². The number of nitro groups is 1. The van der Waals surface area contributed by atoms with Crippen LogP contribution in [0.15, 0.2) is 73.1 Å². The Balaban J connectivity index is 1.54. The minimum Gasteiger partial charge on any atom is -0.423 e. The van der Waals surface area contributed by atoms with Gasteiger partial charge in [0.05, 0.1) is 22.4 Å². The number of carbonyl (C=O) groups is 1. The van der Waals surface area contributed by atoms with Crippen LogP contribution in [0.2, 0.25) is 5.02 Å². The standard InChI is InChI=1S/C20H12ClN3O4/c21-15-5-1-14(2-6-15)20(25)28-17-8-3-13(4-9-17)18-12-23-11-16(24(26)27)7-10-19(23)22-18/h1-12H. The van der Waals surface area contributed by atoms with Crippen LogP contribution in [0.5, 0.6) is 5.75 Å². The van der Waals surface area contributed by atoms with Gasteiger partial charge in [0.1, 0.15) is 11.4 Å². The van der Waals surface area contributed by atoms with Crippen molar-refractivity contribution >= 4 is 28.9 Å². The lowest BCUT2D eigenvalue weighted by atomic mass is 10.1. The van der Waals surface area contributed by atoms with E-state index in [0.29, 0.717) is 27.7 Å². The van der Waals surface area contributed by atoms with Gasteiger partial charge in [-0.05, 0) is 54.6 Å². The number of pyridine rings is 1. The smallest absolute Gasteiger partial charge is 0.343 e. The number of carbonyl (C=O) groups excluding carboxylic acids is 1. The Morgan fingerprint density at radius 1 is 1.00 bits per heavy atom. The van der Waals surface area contributed by atoms with Crippen LogP contribution < -0.4 is 4.74 Å². The van der Waals surface area contributed by atoms with Gasteiger partial charge in [0.2, 0.25) is 0 Å². The Hall–Kier alpha value is -3.71. The van der Waals surface area contributed by atoms with Gasteiger partial charge in [0.25, 0.3) is 5.69 Å². The molecule has 0 aliphatic rings. The lowest BCUT2D eigenvalue weighted by molar-refractivity contribution is -0.385. The highest BCUT2D eigenvalue weighted by atomic mass is 35.5. The van der Waals surface area contributed by atoms with Crippen molar-refractivity contribution in [3.8, 4) is 17.0 Å². The van der Waals surface area contributed by atoms with E-state index < -0.39 is 10.9 Å². The zero-order valence-electron chi connectivity index (χ0n) is 14.3. The maximum Gasteiger partial charge on any atom is 0.343 e. The molecule has 0 amide bonds. The average molecular weight is 394 g/mol. The van der Waals surface area contributed by atoms with E-state index in [4.69, 9.17) is 16.3 Å². The average Bonchev–Trinajstić information content (AvgIpc) is 3.12. The van der Waals surface area contributed by atoms with Gasteiger partial charge < -0.3 is 4.74 Å². The number of hydrogen-bond acceptors (Lipinski definition) is 5. The summed E-state index contributed by atoms with van der Waals surface area (Å²) in [6.07, 6.45) is 3.12. The van der Waals surface area contributed by atoms with Crippen LogP contribution in [0.25, 0.3) is 16.9 Å². The van der Waals surface area contributed by atoms with Crippen LogP contribution in [0.1, 0.15) is 10.4 Å². The molecule has 0 atom stereocenters. The van der Waals surface area contributed by atoms with Crippen molar-refractivity contribution < 1.29 is 14.5 Å². The van der Waals surface area contributed by atoms with Crippen molar-refractivity contribution in [3.63, 3.8) is 0 Å². The highest BCUT2D eigenvalue weighted by Crippen LogP contribution is 2.24. The molecule has 4 rings (SSSR count). The molecule has 2 aromatic carbocycles. The van der Waals surface area contributed by atoms with Crippen molar-refractivity contribution in [1.82, 2.24) is 9.38 Å². The van der Waals surface area contributed by atoms with Crippen LogP contribution in [0.4, 0.5) is 5.69 Å². The minimum absolute atomic E-state index is 0.0130. The fourth-order valence-electron chi connectivity index (χ4n) is 2.67. The molecular weight excluding hydrogens is 382 g/mol. The lowest BCUT2D eigenvalue weighted by Gasteiger charge is -2.05. The number of halogens is 1. The van der Waals surface area contributed by atoms with Gasteiger partial charge in [-0.1, -0.05) is 11.6 Å². The summed E-state index contributed by atoms with van der Waals surface area (Å²) in [5.41, 5.74) is 2.42. The van der Waals surface area contributed by atoms with E-state index in [2.05, 4.69) is 4.98 Å². The molecular formula is C20H12ClN3O4. The zero-order valence-corrected chi connectivity index (χ0v) is 15.0. The molecule has 2 heterocycles. The first-order chi connectivity index (χ1) is 13.5. The maximum atomic E-state index is 12.1. The number of imidazole rings is 1. The second-order valence-corrected chi connectivity index (χ2v) is 6.39. The maximum absolute atomic E-state index is 12.1. The Kier molecular flexibility index (Phi) is 4.50. The summed E-state index contributed by atoms with van der Waals surface area (Å²) in [5.74, 6) is -0.0902. The highest BCUT2D eigenvalue weighted by Gasteiger charge is 2.11. The summed E-state index contributed by atoms with van der Waals surface area (Å²) in [4.78, 5) is 27.0. The fourth-order valence-corrected chi connectivity index (χ4v) is 2.80. The topological polar surface area (TPSA) is 86.7 Å². The number of ether oxygens (including phenoxy) is 1. The molecule has 0 aliphatic heterocycles. The summed E-state index contributed by atoms with van der Waals surface area (Å²) in [6, 6.07) is 16.3. The molecule has 0 spiro atoms. The van der Waals surface area contributed by atoms with Crippen molar-refractivity contribution in [3.05, 3.63) is 93.8 Å². The fraction of sp³-hybridized carbons (Fsp3) is 0. The Morgan fingerprint density at radius 3 is 2.39 bits per heavy atom. The number of benzene rings is 2. The predicted octanol–water partition coefficient (Wildman–Crippen LogP) is 4.78. The van der Waals surface area contributed by atoms with E-state index in [9.17, 15) is 14.9 Å². The molecule has 2 aromatic heterocycles. The van der Waals surface area contributed by atoms with E-state index in [1.54, 1.807) is 65.2 Å². The number of nitrogens with zero attached hydrogens (tertiary/aromatic N) is 3. The number of fused-ring (bicyclic) bond motifs is 1. The minimum atomic E-state index is -0.482. The molecule has 0 aliphatic carbocycles. The third-order valence-electron chi connectivity index (χ3n) is 4.09. The van der Waals surface area contributed by atoms with Crippen LogP contribution in [0, 0.1) is 10.1 Å². The van der Waals surface area contributed by atoms with Gasteiger partial charge in [-0.2, -0.15) is 0 Å². The largest absolute Gasteiger partial charge is 0.423 e. The summed E-state index contributed by atoms with van der Waals surface area (Å²) in [6.45, 7) is 0. The van der Waals surface area contributed by atoms with Crippen LogP contribution in [0.3, 0.4) is 0 Å². The zero-order chi connectivity index (χ0) is 19.7. The molecule has 7 nitrogen and oxygen atoms in total. The number of aromatic nitrogens is 2. The predicted molar refractivity (Wildman–Crippen MR) is 104 cm³/mol. The summed E-state index contributed by atoms with van der Waals surface area (Å²) < 4.78 is 6.95. The number of esters is 1. The number of rotatable bonds is 4. The van der Waals surface area contributed by atoms with E-state index in [1.807, 2.05) is 0 Å². The molecule has 0 saturated carbocycles. The van der Waals surface area contributed by atoms with Gasteiger partial charge in [-0.3, -0.25) is 14.5 Å². The lowest BCUT2D eigenvalue weighted by Crippen LogP contribution is -2.08. The van der Waals surface area contributed by atoms with E-state index in [0.717, 1.165) is 5.56 Å². The van der Waals surface area contributed by atoms with Crippen LogP contribution in [-0.4, -0.2) is 20.3 Å². The molecule has 0 saturated heterocycles. The van der Waals surface area contributed by atoms with Crippen LogP contribution in [-0.2, 0) is 0 Å². The van der Waals surface area contributed by atoms with Gasteiger partial charge in [-0.15, -0.1) is 0 Å². The molecule has 4 aromatic rings. The monoisotopic (exact) mass is 393 g/mol. The van der Waals surface area contributed by atoms with E-state index in [1.165, 1.54) is 12.3 Å². The number of hydrogen-bond donors (Lipinski definition) is 0. The molecule has 0 N–H and O–H groups in total. The van der Waals surface area contributed by atoms with Gasteiger partial charge >= 0.3 is 5.97 Å². The van der Waals surface area contributed by atoms with Crippen molar-refractivity contribution in [2.24, 2.45) is 0 Å². The van der Waals surface area contributed by atoms with Crippen molar-refractivity contribution in [2.45, 2.75) is 0 Å². The van der Waals surface area contributed by atoms with Gasteiger partial charge in [0, 0.05) is 22.8 Å². The third-order valence-corrected chi connectivity index (χ3v) is 4.34. The molecule has 0 radical (unpaired) electrons. The van der Waals surface area contributed by atoms with E-state index in [-0.39, 0.29) is 5.69 Å². The quantitative estimate of drug-likeness (QED) is 0.215. The van der Waals surface area contributed by atoms with E-state index >= 15 is 0 Å². The summed E-state index contributed by atoms with van der Waals surface area (Å²) in [7, 11) is 0. The first-order valence-corrected chi connectivity index (χ1v) is 8.59. The molecule has 8 heteroatoms. The third kappa shape index (κ3) is 3.56. The molecule has 138 valence electrons. The summed E-state index contributed by atoms with van der Waals surface area (Å²) >= 11 is 5.81. The normalized spacial score (nSPS) is 10.8. The second-order valence-electron chi connectivity index (χ2n) is 5.96. The first-order valence-electron chi connectivity index (χ1n) is 8.21. The van der Waals surface area contributed by atoms with Crippen molar-refractivity contribution in [2.75, 3.05) is 0 Å². The summed E-state index contributed by atoms with van der Waals surface area (Å²) in [5, 5.41) is 11.4. The Bertz CT molecular complexity index is 1180. The first kappa shape index (κ1) is 17.7. The highest BCUT2D eigenvalue weighted by molar-refractivity contribution is 6.30. The van der Waals surface area contributed by atoms with Gasteiger partial charge in [0.15, 0.2) is 0 Å². The molecule has 0 fully saturated rings. The Morgan fingerprint density at radius 2 is 1.71 bits per heavy atom. The van der Waals surface area contributed by atoms with Gasteiger partial charge in [-0.25, -0.2) is 9.78 Å². The molecule has 0 bridgehead atoms. The van der Waals surface area contributed by atoms with Crippen LogP contribution >= 0.6 is 11.6 Å². The second kappa shape index (κ2) is 7.13. The molecule has 28 heavy (non-hydrogen) atoms. The SMILES string of the molecule is O=C(Oc1ccc(-c2cn3cc([N+](=O)[O-])ccc3n2)cc1)c1ccc(Cl)cc1. The molecule has 0 unspecified atom stereocenters.